The number of nitrogens with one attached hydrogen (secondary N) is 2. The largest absolute Gasteiger partial charge is 0.351 e. The minimum Gasteiger partial charge on any atom is -0.351 e. The zero-order valence-electron chi connectivity index (χ0n) is 11.8. The van der Waals surface area contributed by atoms with Crippen molar-refractivity contribution in [3.05, 3.63) is 11.6 Å². The highest BCUT2D eigenvalue weighted by molar-refractivity contribution is 5.85. The molecule has 0 aliphatic carbocycles. The molecule has 2 aliphatic rings. The molecule has 3 heterocycles. The van der Waals surface area contributed by atoms with Crippen molar-refractivity contribution in [1.82, 2.24) is 25.4 Å². The lowest BCUT2D eigenvalue weighted by atomic mass is 9.97. The van der Waals surface area contributed by atoms with E-state index in [4.69, 9.17) is 0 Å². The van der Waals surface area contributed by atoms with Gasteiger partial charge in [-0.15, -0.1) is 12.4 Å². The van der Waals surface area contributed by atoms with Crippen molar-refractivity contribution in [2.45, 2.75) is 45.2 Å². The van der Waals surface area contributed by atoms with E-state index in [0.717, 1.165) is 57.0 Å². The Morgan fingerprint density at radius 3 is 3.05 bits per heavy atom. The summed E-state index contributed by atoms with van der Waals surface area (Å²) in [6.45, 7) is 4.51. The Morgan fingerprint density at radius 1 is 1.45 bits per heavy atom. The van der Waals surface area contributed by atoms with Crippen molar-refractivity contribution < 1.29 is 4.79 Å². The van der Waals surface area contributed by atoms with Crippen LogP contribution in [0.25, 0.3) is 0 Å². The number of hydrogen-bond donors (Lipinski definition) is 2. The van der Waals surface area contributed by atoms with E-state index in [2.05, 4.69) is 20.7 Å². The Morgan fingerprint density at radius 2 is 2.30 bits per heavy atom. The molecule has 1 fully saturated rings. The van der Waals surface area contributed by atoms with Gasteiger partial charge >= 0.3 is 0 Å². The topological polar surface area (TPSA) is 71.8 Å². The monoisotopic (exact) mass is 299 g/mol. The maximum absolute atomic E-state index is 12.2. The fraction of sp³-hybridized carbons (Fsp3) is 0.769. The normalized spacial score (nSPS) is 25.4. The van der Waals surface area contributed by atoms with Crippen LogP contribution in [0.4, 0.5) is 0 Å². The highest BCUT2D eigenvalue weighted by Crippen LogP contribution is 2.15. The van der Waals surface area contributed by atoms with Crippen molar-refractivity contribution in [1.29, 1.82) is 0 Å². The number of carbonyl (C=O) groups excluding carboxylic acids is 1. The van der Waals surface area contributed by atoms with Gasteiger partial charge in [-0.3, -0.25) is 4.79 Å². The van der Waals surface area contributed by atoms with E-state index in [-0.39, 0.29) is 30.3 Å². The molecule has 0 radical (unpaired) electrons. The van der Waals surface area contributed by atoms with Crippen LogP contribution in [0.15, 0.2) is 0 Å². The van der Waals surface area contributed by atoms with Crippen LogP contribution in [0, 0.1) is 12.8 Å². The zero-order valence-corrected chi connectivity index (χ0v) is 12.6. The van der Waals surface area contributed by atoms with Crippen LogP contribution in [-0.4, -0.2) is 39.8 Å². The van der Waals surface area contributed by atoms with Crippen LogP contribution in [0.3, 0.4) is 0 Å². The number of nitrogens with zero attached hydrogens (tertiary/aromatic N) is 3. The highest BCUT2D eigenvalue weighted by Gasteiger charge is 2.26. The molecule has 2 aliphatic heterocycles. The number of aryl methyl sites for hydroxylation is 2. The first-order valence-electron chi connectivity index (χ1n) is 7.14. The first kappa shape index (κ1) is 15.3. The van der Waals surface area contributed by atoms with Crippen LogP contribution in [-0.2, 0) is 17.8 Å². The molecule has 0 bridgehead atoms. The minimum absolute atomic E-state index is 0. The number of hydrogen-bond acceptors (Lipinski definition) is 4. The van der Waals surface area contributed by atoms with Crippen molar-refractivity contribution in [3.63, 3.8) is 0 Å². The van der Waals surface area contributed by atoms with Gasteiger partial charge in [0.15, 0.2) is 0 Å². The molecule has 1 saturated heterocycles. The number of aromatic nitrogens is 3. The molecule has 6 nitrogen and oxygen atoms in total. The van der Waals surface area contributed by atoms with Crippen LogP contribution >= 0.6 is 12.4 Å². The number of piperidine rings is 1. The number of amides is 1. The van der Waals surface area contributed by atoms with Gasteiger partial charge in [0, 0.05) is 19.0 Å². The second kappa shape index (κ2) is 6.54. The lowest BCUT2D eigenvalue weighted by Gasteiger charge is -2.27. The van der Waals surface area contributed by atoms with Gasteiger partial charge in [-0.1, -0.05) is 0 Å². The summed E-state index contributed by atoms with van der Waals surface area (Å²) in [5.41, 5.74) is 0. The van der Waals surface area contributed by atoms with Gasteiger partial charge in [-0.05, 0) is 32.7 Å². The first-order valence-corrected chi connectivity index (χ1v) is 7.14. The number of halogens is 1. The molecular weight excluding hydrogens is 278 g/mol. The summed E-state index contributed by atoms with van der Waals surface area (Å²) in [4.78, 5) is 16.6. The summed E-state index contributed by atoms with van der Waals surface area (Å²) >= 11 is 0. The van der Waals surface area contributed by atoms with E-state index in [0.29, 0.717) is 0 Å². The molecule has 1 aromatic rings. The Labute approximate surface area is 125 Å². The average molecular weight is 300 g/mol. The number of fused-ring (bicyclic) bond motifs is 1. The molecule has 7 heteroatoms. The highest BCUT2D eigenvalue weighted by atomic mass is 35.5. The third-order valence-corrected chi connectivity index (χ3v) is 3.98. The average Bonchev–Trinajstić information content (AvgIpc) is 2.79. The minimum atomic E-state index is 0. The Kier molecular flexibility index (Phi) is 4.99. The Balaban J connectivity index is 0.00000147. The summed E-state index contributed by atoms with van der Waals surface area (Å²) in [6.07, 6.45) is 3.95. The quantitative estimate of drug-likeness (QED) is 0.831. The summed E-state index contributed by atoms with van der Waals surface area (Å²) in [5.74, 6) is 2.19. The molecule has 2 atom stereocenters. The lowest BCUT2D eigenvalue weighted by Crippen LogP contribution is -2.47. The maximum atomic E-state index is 12.2. The molecule has 3 rings (SSSR count). The van der Waals surface area contributed by atoms with Gasteiger partial charge in [0.2, 0.25) is 5.91 Å². The SMILES string of the molecule is Cc1nc2n(n1)CC(NC(=O)C1CCCNC1)CC2.Cl. The van der Waals surface area contributed by atoms with Crippen LogP contribution in [0.2, 0.25) is 0 Å². The Bertz CT molecular complexity index is 469. The van der Waals surface area contributed by atoms with Crippen molar-refractivity contribution in [3.8, 4) is 0 Å². The first-order chi connectivity index (χ1) is 9.22. The predicted octanol–water partition coefficient (Wildman–Crippen LogP) is 0.439. The van der Waals surface area contributed by atoms with Crippen molar-refractivity contribution in [2.75, 3.05) is 13.1 Å². The molecule has 0 saturated carbocycles. The molecule has 20 heavy (non-hydrogen) atoms. The van der Waals surface area contributed by atoms with Crippen molar-refractivity contribution >= 4 is 18.3 Å². The van der Waals surface area contributed by atoms with E-state index in [1.54, 1.807) is 0 Å². The van der Waals surface area contributed by atoms with E-state index in [9.17, 15) is 4.79 Å². The third kappa shape index (κ3) is 3.30. The molecule has 2 N–H and O–H groups in total. The summed E-state index contributed by atoms with van der Waals surface area (Å²) in [7, 11) is 0. The molecule has 2 unspecified atom stereocenters. The van der Waals surface area contributed by atoms with Crippen LogP contribution < -0.4 is 10.6 Å². The zero-order chi connectivity index (χ0) is 13.2. The number of carbonyl (C=O) groups is 1. The molecule has 1 amide bonds. The van der Waals surface area contributed by atoms with Crippen molar-refractivity contribution in [2.24, 2.45) is 5.92 Å². The van der Waals surface area contributed by atoms with Gasteiger partial charge in [0.05, 0.1) is 12.5 Å². The van der Waals surface area contributed by atoms with E-state index < -0.39 is 0 Å². The second-order valence-corrected chi connectivity index (χ2v) is 5.54. The summed E-state index contributed by atoms with van der Waals surface area (Å²) in [5, 5.41) is 10.8. The third-order valence-electron chi connectivity index (χ3n) is 3.98. The van der Waals surface area contributed by atoms with E-state index in [1.807, 2.05) is 11.6 Å². The molecule has 0 spiro atoms. The molecule has 1 aromatic heterocycles. The van der Waals surface area contributed by atoms with Crippen LogP contribution in [0.1, 0.15) is 30.9 Å². The summed E-state index contributed by atoms with van der Waals surface area (Å²) < 4.78 is 1.93. The van der Waals surface area contributed by atoms with Gasteiger partial charge < -0.3 is 10.6 Å². The predicted molar refractivity (Wildman–Crippen MR) is 77.9 cm³/mol. The van der Waals surface area contributed by atoms with Crippen LogP contribution in [0.5, 0.6) is 0 Å². The Hall–Kier alpha value is -1.14. The smallest absolute Gasteiger partial charge is 0.224 e. The second-order valence-electron chi connectivity index (χ2n) is 5.54. The lowest BCUT2D eigenvalue weighted by molar-refractivity contribution is -0.126. The fourth-order valence-corrected chi connectivity index (χ4v) is 2.95. The standard InChI is InChI=1S/C13H21N5O.ClH/c1-9-15-12-5-4-11(8-18(12)17-9)16-13(19)10-3-2-6-14-7-10;/h10-11,14H,2-8H2,1H3,(H,16,19);1H. The fourth-order valence-electron chi connectivity index (χ4n) is 2.95. The van der Waals surface area contributed by atoms with E-state index in [1.165, 1.54) is 0 Å². The molecule has 0 aromatic carbocycles. The van der Waals surface area contributed by atoms with Gasteiger partial charge in [0.25, 0.3) is 0 Å². The molecule has 112 valence electrons. The van der Waals surface area contributed by atoms with Gasteiger partial charge in [-0.2, -0.15) is 5.10 Å². The van der Waals surface area contributed by atoms with Gasteiger partial charge in [-0.25, -0.2) is 9.67 Å². The number of rotatable bonds is 2. The molecular formula is C13H22ClN5O. The van der Waals surface area contributed by atoms with Gasteiger partial charge in [0.1, 0.15) is 11.6 Å². The maximum Gasteiger partial charge on any atom is 0.224 e. The summed E-state index contributed by atoms with van der Waals surface area (Å²) in [6, 6.07) is 0.197. The van der Waals surface area contributed by atoms with E-state index >= 15 is 0 Å².